The van der Waals surface area contributed by atoms with Crippen molar-refractivity contribution >= 4 is 35.1 Å². The topological polar surface area (TPSA) is 70.4 Å². The Bertz CT molecular complexity index is 787. The number of hydrogen-bond acceptors (Lipinski definition) is 5. The Morgan fingerprint density at radius 1 is 1.29 bits per heavy atom. The Morgan fingerprint density at radius 2 is 2.00 bits per heavy atom. The van der Waals surface area contributed by atoms with E-state index in [-0.39, 0.29) is 28.6 Å². The van der Waals surface area contributed by atoms with Crippen LogP contribution in [-0.2, 0) is 11.8 Å². The van der Waals surface area contributed by atoms with E-state index in [1.807, 2.05) is 6.92 Å². The molecule has 6 nitrogen and oxygen atoms in total. The Hall–Kier alpha value is -2.05. The van der Waals surface area contributed by atoms with Crippen molar-refractivity contribution in [2.24, 2.45) is 7.05 Å². The van der Waals surface area contributed by atoms with Crippen LogP contribution in [0.5, 0.6) is 5.88 Å². The fraction of sp³-hybridized carbons (Fsp3) is 0.312. The lowest BCUT2D eigenvalue weighted by Crippen LogP contribution is -2.15. The average molecular weight is 371 g/mol. The Balaban J connectivity index is 2.39. The van der Waals surface area contributed by atoms with E-state index in [0.717, 1.165) is 0 Å². The molecule has 24 heavy (non-hydrogen) atoms. The minimum Gasteiger partial charge on any atom is -0.434 e. The molecule has 0 radical (unpaired) electrons. The molecule has 0 aliphatic carbocycles. The van der Waals surface area contributed by atoms with Crippen molar-refractivity contribution in [2.75, 3.05) is 6.61 Å². The van der Waals surface area contributed by atoms with Gasteiger partial charge in [-0.25, -0.2) is 9.48 Å². The number of aryl methyl sites for hydroxylation is 2. The van der Waals surface area contributed by atoms with E-state index in [2.05, 4.69) is 5.10 Å². The van der Waals surface area contributed by atoms with Crippen molar-refractivity contribution in [3.05, 3.63) is 45.1 Å². The Kier molecular flexibility index (Phi) is 5.85. The van der Waals surface area contributed by atoms with Crippen LogP contribution in [0, 0.1) is 6.92 Å². The summed E-state index contributed by atoms with van der Waals surface area (Å²) in [6, 6.07) is 4.54. The molecule has 128 valence electrons. The summed E-state index contributed by atoms with van der Waals surface area (Å²) in [5.41, 5.74) is 0.797. The van der Waals surface area contributed by atoms with Gasteiger partial charge in [0.05, 0.1) is 17.3 Å². The first-order valence-electron chi connectivity index (χ1n) is 7.23. The van der Waals surface area contributed by atoms with E-state index in [1.54, 1.807) is 20.0 Å². The Labute approximate surface area is 149 Å². The third-order valence-corrected chi connectivity index (χ3v) is 3.72. The van der Waals surface area contributed by atoms with Gasteiger partial charge in [0.2, 0.25) is 11.7 Å². The third kappa shape index (κ3) is 3.88. The number of carbonyl (C=O) groups is 2. The van der Waals surface area contributed by atoms with Crippen LogP contribution in [-0.4, -0.2) is 28.3 Å². The lowest BCUT2D eigenvalue weighted by atomic mass is 10.0. The van der Waals surface area contributed by atoms with E-state index >= 15 is 0 Å². The standard InChI is InChI=1S/C16H16Cl2N2O4/c1-4-7-23-16(22)24-15-13(9(2)19-20(15)3)14(21)11-6-5-10(17)8-12(11)18/h5-6,8H,4,7H2,1-3H3. The van der Waals surface area contributed by atoms with Crippen molar-refractivity contribution in [1.29, 1.82) is 0 Å². The van der Waals surface area contributed by atoms with Crippen LogP contribution in [0.2, 0.25) is 10.0 Å². The molecule has 0 unspecified atom stereocenters. The van der Waals surface area contributed by atoms with Crippen LogP contribution < -0.4 is 4.74 Å². The predicted molar refractivity (Wildman–Crippen MR) is 90.1 cm³/mol. The van der Waals surface area contributed by atoms with E-state index in [4.69, 9.17) is 32.7 Å². The number of hydrogen-bond donors (Lipinski definition) is 0. The molecule has 1 aromatic heterocycles. The van der Waals surface area contributed by atoms with Crippen LogP contribution in [0.3, 0.4) is 0 Å². The van der Waals surface area contributed by atoms with Crippen molar-refractivity contribution in [2.45, 2.75) is 20.3 Å². The number of aromatic nitrogens is 2. The maximum absolute atomic E-state index is 12.8. The van der Waals surface area contributed by atoms with E-state index in [1.165, 1.54) is 16.8 Å². The normalized spacial score (nSPS) is 10.5. The van der Waals surface area contributed by atoms with Crippen molar-refractivity contribution in [3.8, 4) is 5.88 Å². The average Bonchev–Trinajstić information content (AvgIpc) is 2.78. The summed E-state index contributed by atoms with van der Waals surface area (Å²) in [4.78, 5) is 24.5. The zero-order valence-electron chi connectivity index (χ0n) is 13.4. The highest BCUT2D eigenvalue weighted by Gasteiger charge is 2.26. The highest BCUT2D eigenvalue weighted by molar-refractivity contribution is 6.37. The fourth-order valence-electron chi connectivity index (χ4n) is 2.12. The van der Waals surface area contributed by atoms with E-state index in [9.17, 15) is 9.59 Å². The monoisotopic (exact) mass is 370 g/mol. The van der Waals surface area contributed by atoms with Gasteiger partial charge in [0.25, 0.3) is 0 Å². The van der Waals surface area contributed by atoms with E-state index in [0.29, 0.717) is 17.1 Å². The van der Waals surface area contributed by atoms with Gasteiger partial charge in [-0.1, -0.05) is 30.1 Å². The second-order valence-corrected chi connectivity index (χ2v) is 5.89. The molecule has 0 N–H and O–H groups in total. The molecule has 0 atom stereocenters. The minimum atomic E-state index is -0.892. The molecule has 0 saturated heterocycles. The van der Waals surface area contributed by atoms with Gasteiger partial charge >= 0.3 is 6.16 Å². The fourth-order valence-corrected chi connectivity index (χ4v) is 2.61. The number of halogens is 2. The summed E-state index contributed by atoms with van der Waals surface area (Å²) < 4.78 is 11.3. The van der Waals surface area contributed by atoms with Crippen molar-refractivity contribution in [3.63, 3.8) is 0 Å². The summed E-state index contributed by atoms with van der Waals surface area (Å²) in [5.74, 6) is -0.412. The summed E-state index contributed by atoms with van der Waals surface area (Å²) in [7, 11) is 1.57. The minimum absolute atomic E-state index is 0.00428. The molecule has 2 aromatic rings. The smallest absolute Gasteiger partial charge is 0.434 e. The lowest BCUT2D eigenvalue weighted by Gasteiger charge is -2.08. The van der Waals surface area contributed by atoms with E-state index < -0.39 is 11.9 Å². The molecule has 0 spiro atoms. The largest absolute Gasteiger partial charge is 0.515 e. The highest BCUT2D eigenvalue weighted by Crippen LogP contribution is 2.29. The highest BCUT2D eigenvalue weighted by atomic mass is 35.5. The van der Waals surface area contributed by atoms with Gasteiger partial charge in [-0.05, 0) is 31.5 Å². The quantitative estimate of drug-likeness (QED) is 0.582. The van der Waals surface area contributed by atoms with Crippen molar-refractivity contribution < 1.29 is 19.1 Å². The number of carbonyl (C=O) groups excluding carboxylic acids is 2. The van der Waals surface area contributed by atoms with Crippen LogP contribution in [0.15, 0.2) is 18.2 Å². The first kappa shape index (κ1) is 18.3. The number of ether oxygens (including phenoxy) is 2. The molecule has 1 heterocycles. The van der Waals surface area contributed by atoms with Crippen LogP contribution in [0.25, 0.3) is 0 Å². The van der Waals surface area contributed by atoms with Gasteiger partial charge in [0.1, 0.15) is 5.56 Å². The number of nitrogens with zero attached hydrogens (tertiary/aromatic N) is 2. The molecular weight excluding hydrogens is 355 g/mol. The lowest BCUT2D eigenvalue weighted by molar-refractivity contribution is 0.0944. The summed E-state index contributed by atoms with van der Waals surface area (Å²) >= 11 is 11.9. The third-order valence-electron chi connectivity index (χ3n) is 3.18. The Morgan fingerprint density at radius 3 is 2.62 bits per heavy atom. The maximum atomic E-state index is 12.8. The van der Waals surface area contributed by atoms with Crippen LogP contribution >= 0.6 is 23.2 Å². The molecule has 0 saturated carbocycles. The van der Waals surface area contributed by atoms with Gasteiger partial charge in [-0.3, -0.25) is 4.79 Å². The molecule has 0 aliphatic rings. The van der Waals surface area contributed by atoms with Gasteiger partial charge in [-0.2, -0.15) is 5.10 Å². The number of rotatable bonds is 5. The molecule has 1 aromatic carbocycles. The summed E-state index contributed by atoms with van der Waals surface area (Å²) in [5, 5.41) is 4.75. The summed E-state index contributed by atoms with van der Waals surface area (Å²) in [6.45, 7) is 3.72. The maximum Gasteiger partial charge on any atom is 0.515 e. The van der Waals surface area contributed by atoms with Gasteiger partial charge < -0.3 is 9.47 Å². The first-order valence-corrected chi connectivity index (χ1v) is 7.98. The van der Waals surface area contributed by atoms with Crippen LogP contribution in [0.4, 0.5) is 4.79 Å². The summed E-state index contributed by atoms with van der Waals surface area (Å²) in [6.07, 6.45) is -0.234. The van der Waals surface area contributed by atoms with Crippen molar-refractivity contribution in [1.82, 2.24) is 9.78 Å². The molecule has 0 aliphatic heterocycles. The zero-order chi connectivity index (χ0) is 17.9. The van der Waals surface area contributed by atoms with Gasteiger partial charge in [-0.15, -0.1) is 0 Å². The second-order valence-electron chi connectivity index (χ2n) is 5.04. The van der Waals surface area contributed by atoms with Crippen LogP contribution in [0.1, 0.15) is 35.0 Å². The number of benzene rings is 1. The first-order chi connectivity index (χ1) is 11.3. The molecule has 2 rings (SSSR count). The SMILES string of the molecule is CCCOC(=O)Oc1c(C(=O)c2ccc(Cl)cc2Cl)c(C)nn1C. The zero-order valence-corrected chi connectivity index (χ0v) is 14.9. The number of ketones is 1. The molecule has 8 heteroatoms. The molecule has 0 bridgehead atoms. The molecular formula is C16H16Cl2N2O4. The molecule has 0 fully saturated rings. The molecule has 0 amide bonds. The van der Waals surface area contributed by atoms with Gasteiger partial charge in [0, 0.05) is 17.6 Å². The second kappa shape index (κ2) is 7.68. The van der Waals surface area contributed by atoms with Gasteiger partial charge in [0.15, 0.2) is 0 Å². The predicted octanol–water partition coefficient (Wildman–Crippen LogP) is 4.19.